The number of benzene rings is 1. The standard InChI is InChI=1S/C13H13Cl2N3/c1-8-6-18-12(7-17-8)11(16)5-9-3-2-4-10(14)13(9)15/h2-4,6-7,11H,5,16H2,1H3. The van der Waals surface area contributed by atoms with Gasteiger partial charge in [0.1, 0.15) is 0 Å². The summed E-state index contributed by atoms with van der Waals surface area (Å²) >= 11 is 12.1. The second kappa shape index (κ2) is 5.65. The summed E-state index contributed by atoms with van der Waals surface area (Å²) in [4.78, 5) is 8.44. The number of nitrogens with zero attached hydrogens (tertiary/aromatic N) is 2. The molecule has 0 aliphatic rings. The van der Waals surface area contributed by atoms with Crippen molar-refractivity contribution in [2.45, 2.75) is 19.4 Å². The molecule has 2 rings (SSSR count). The molecule has 1 aromatic heterocycles. The Morgan fingerprint density at radius 2 is 2.00 bits per heavy atom. The summed E-state index contributed by atoms with van der Waals surface area (Å²) in [6.45, 7) is 1.89. The van der Waals surface area contributed by atoms with Crippen molar-refractivity contribution >= 4 is 23.2 Å². The highest BCUT2D eigenvalue weighted by molar-refractivity contribution is 6.42. The third kappa shape index (κ3) is 2.99. The topological polar surface area (TPSA) is 51.8 Å². The normalized spacial score (nSPS) is 12.4. The lowest BCUT2D eigenvalue weighted by Crippen LogP contribution is -2.15. The van der Waals surface area contributed by atoms with Crippen LogP contribution in [0.3, 0.4) is 0 Å². The number of hydrogen-bond acceptors (Lipinski definition) is 3. The zero-order valence-electron chi connectivity index (χ0n) is 9.90. The minimum atomic E-state index is -0.242. The Morgan fingerprint density at radius 1 is 1.22 bits per heavy atom. The zero-order chi connectivity index (χ0) is 13.1. The van der Waals surface area contributed by atoms with Crippen LogP contribution in [0.15, 0.2) is 30.6 Å². The van der Waals surface area contributed by atoms with E-state index in [4.69, 9.17) is 28.9 Å². The molecular weight excluding hydrogens is 269 g/mol. The number of aryl methyl sites for hydroxylation is 1. The molecule has 1 unspecified atom stereocenters. The molecule has 3 nitrogen and oxygen atoms in total. The molecule has 0 saturated carbocycles. The minimum Gasteiger partial charge on any atom is -0.322 e. The molecule has 2 aromatic rings. The van der Waals surface area contributed by atoms with E-state index in [2.05, 4.69) is 9.97 Å². The summed E-state index contributed by atoms with van der Waals surface area (Å²) in [5.74, 6) is 0. The summed E-state index contributed by atoms with van der Waals surface area (Å²) in [5, 5.41) is 1.09. The SMILES string of the molecule is Cc1cnc(C(N)Cc2cccc(Cl)c2Cl)cn1. The van der Waals surface area contributed by atoms with Crippen LogP contribution in [0.25, 0.3) is 0 Å². The van der Waals surface area contributed by atoms with E-state index in [-0.39, 0.29) is 6.04 Å². The first kappa shape index (κ1) is 13.3. The van der Waals surface area contributed by atoms with E-state index < -0.39 is 0 Å². The van der Waals surface area contributed by atoms with Gasteiger partial charge in [0, 0.05) is 6.20 Å². The number of halogens is 2. The Bertz CT molecular complexity index is 540. The van der Waals surface area contributed by atoms with Gasteiger partial charge in [-0.2, -0.15) is 0 Å². The van der Waals surface area contributed by atoms with E-state index in [1.54, 1.807) is 18.5 Å². The van der Waals surface area contributed by atoms with Gasteiger partial charge in [-0.3, -0.25) is 9.97 Å². The van der Waals surface area contributed by atoms with Crippen LogP contribution >= 0.6 is 23.2 Å². The van der Waals surface area contributed by atoms with Crippen LogP contribution in [-0.2, 0) is 6.42 Å². The first-order chi connectivity index (χ1) is 8.58. The average molecular weight is 282 g/mol. The third-order valence-electron chi connectivity index (χ3n) is 2.65. The summed E-state index contributed by atoms with van der Waals surface area (Å²) in [5.41, 5.74) is 8.62. The van der Waals surface area contributed by atoms with Gasteiger partial charge in [-0.1, -0.05) is 35.3 Å². The van der Waals surface area contributed by atoms with Crippen LogP contribution in [-0.4, -0.2) is 9.97 Å². The third-order valence-corrected chi connectivity index (χ3v) is 3.51. The van der Waals surface area contributed by atoms with Gasteiger partial charge < -0.3 is 5.73 Å². The molecule has 2 N–H and O–H groups in total. The fraction of sp³-hybridized carbons (Fsp3) is 0.231. The number of nitrogens with two attached hydrogens (primary N) is 1. The molecular formula is C13H13Cl2N3. The lowest BCUT2D eigenvalue weighted by Gasteiger charge is -2.12. The quantitative estimate of drug-likeness (QED) is 0.939. The number of rotatable bonds is 3. The monoisotopic (exact) mass is 281 g/mol. The van der Waals surface area contributed by atoms with Crippen LogP contribution in [0.2, 0.25) is 10.0 Å². The highest BCUT2D eigenvalue weighted by Gasteiger charge is 2.12. The van der Waals surface area contributed by atoms with Crippen molar-refractivity contribution in [3.05, 3.63) is 57.6 Å². The lowest BCUT2D eigenvalue weighted by molar-refractivity contribution is 0.689. The first-order valence-corrected chi connectivity index (χ1v) is 6.30. The molecule has 0 bridgehead atoms. The van der Waals surface area contributed by atoms with Gasteiger partial charge in [-0.25, -0.2) is 0 Å². The molecule has 0 radical (unpaired) electrons. The van der Waals surface area contributed by atoms with Crippen LogP contribution in [0, 0.1) is 6.92 Å². The van der Waals surface area contributed by atoms with Gasteiger partial charge in [0.25, 0.3) is 0 Å². The highest BCUT2D eigenvalue weighted by atomic mass is 35.5. The van der Waals surface area contributed by atoms with Crippen LogP contribution in [0.5, 0.6) is 0 Å². The Labute approximate surface area is 116 Å². The molecule has 5 heteroatoms. The van der Waals surface area contributed by atoms with Gasteiger partial charge >= 0.3 is 0 Å². The molecule has 1 atom stereocenters. The van der Waals surface area contributed by atoms with Crippen molar-refractivity contribution < 1.29 is 0 Å². The number of aromatic nitrogens is 2. The van der Waals surface area contributed by atoms with E-state index in [0.29, 0.717) is 16.5 Å². The van der Waals surface area contributed by atoms with Gasteiger partial charge in [0.2, 0.25) is 0 Å². The fourth-order valence-corrected chi connectivity index (χ4v) is 2.04. The molecule has 94 valence electrons. The van der Waals surface area contributed by atoms with Gasteiger partial charge in [-0.15, -0.1) is 0 Å². The van der Waals surface area contributed by atoms with Crippen LogP contribution < -0.4 is 5.73 Å². The predicted octanol–water partition coefficient (Wildman–Crippen LogP) is 3.33. The second-order valence-electron chi connectivity index (χ2n) is 4.11. The van der Waals surface area contributed by atoms with Gasteiger partial charge in [-0.05, 0) is 25.0 Å². The summed E-state index contributed by atoms with van der Waals surface area (Å²) in [6, 6.07) is 5.28. The van der Waals surface area contributed by atoms with Crippen molar-refractivity contribution in [1.82, 2.24) is 9.97 Å². The highest BCUT2D eigenvalue weighted by Crippen LogP contribution is 2.28. The van der Waals surface area contributed by atoms with E-state index in [0.717, 1.165) is 17.0 Å². The molecule has 0 amide bonds. The maximum Gasteiger partial charge on any atom is 0.0757 e. The lowest BCUT2D eigenvalue weighted by atomic mass is 10.0. The smallest absolute Gasteiger partial charge is 0.0757 e. The van der Waals surface area contributed by atoms with E-state index in [1.807, 2.05) is 19.1 Å². The molecule has 0 saturated heterocycles. The summed E-state index contributed by atoms with van der Waals surface area (Å²) < 4.78 is 0. The maximum absolute atomic E-state index is 6.13. The van der Waals surface area contributed by atoms with E-state index in [1.165, 1.54) is 0 Å². The first-order valence-electron chi connectivity index (χ1n) is 5.55. The van der Waals surface area contributed by atoms with E-state index in [9.17, 15) is 0 Å². The summed E-state index contributed by atoms with van der Waals surface area (Å²) in [6.07, 6.45) is 3.98. The van der Waals surface area contributed by atoms with Crippen molar-refractivity contribution in [3.8, 4) is 0 Å². The van der Waals surface area contributed by atoms with Gasteiger partial charge in [0.05, 0.1) is 33.7 Å². The fourth-order valence-electron chi connectivity index (χ4n) is 1.64. The molecule has 0 aliphatic heterocycles. The Hall–Kier alpha value is -1.16. The average Bonchev–Trinajstić information content (AvgIpc) is 2.36. The molecule has 18 heavy (non-hydrogen) atoms. The minimum absolute atomic E-state index is 0.242. The molecule has 1 heterocycles. The molecule has 0 spiro atoms. The summed E-state index contributed by atoms with van der Waals surface area (Å²) in [7, 11) is 0. The Kier molecular flexibility index (Phi) is 4.17. The van der Waals surface area contributed by atoms with Crippen molar-refractivity contribution in [3.63, 3.8) is 0 Å². The van der Waals surface area contributed by atoms with Crippen molar-refractivity contribution in [2.75, 3.05) is 0 Å². The van der Waals surface area contributed by atoms with Crippen LogP contribution in [0.1, 0.15) is 23.0 Å². The Balaban J connectivity index is 2.18. The van der Waals surface area contributed by atoms with Crippen LogP contribution in [0.4, 0.5) is 0 Å². The Morgan fingerprint density at radius 3 is 2.67 bits per heavy atom. The van der Waals surface area contributed by atoms with Crippen molar-refractivity contribution in [1.29, 1.82) is 0 Å². The molecule has 1 aromatic carbocycles. The number of hydrogen-bond donors (Lipinski definition) is 1. The second-order valence-corrected chi connectivity index (χ2v) is 4.89. The molecule has 0 aliphatic carbocycles. The predicted molar refractivity (Wildman–Crippen MR) is 73.9 cm³/mol. The largest absolute Gasteiger partial charge is 0.322 e. The van der Waals surface area contributed by atoms with Crippen molar-refractivity contribution in [2.24, 2.45) is 5.73 Å². The zero-order valence-corrected chi connectivity index (χ0v) is 11.4. The molecule has 0 fully saturated rings. The van der Waals surface area contributed by atoms with Gasteiger partial charge in [0.15, 0.2) is 0 Å². The van der Waals surface area contributed by atoms with E-state index >= 15 is 0 Å². The maximum atomic E-state index is 6.13.